The van der Waals surface area contributed by atoms with E-state index in [1.54, 1.807) is 0 Å². The predicted molar refractivity (Wildman–Crippen MR) is 49.1 cm³/mol. The van der Waals surface area contributed by atoms with E-state index in [2.05, 4.69) is 27.6 Å². The minimum absolute atomic E-state index is 0.780. The van der Waals surface area contributed by atoms with E-state index in [0.29, 0.717) is 0 Å². The fourth-order valence-corrected chi connectivity index (χ4v) is 4.66. The molecule has 0 aromatic rings. The Hall–Kier alpha value is 0.877. The van der Waals surface area contributed by atoms with Gasteiger partial charge in [-0.1, -0.05) is 0 Å². The first-order valence-corrected chi connectivity index (χ1v) is 8.52. The van der Waals surface area contributed by atoms with Gasteiger partial charge in [0, 0.05) is 0 Å². The van der Waals surface area contributed by atoms with Crippen molar-refractivity contribution < 1.29 is 29.9 Å². The molecule has 0 fully saturated rings. The van der Waals surface area contributed by atoms with E-state index in [0.717, 1.165) is 19.3 Å². The zero-order valence-electron chi connectivity index (χ0n) is 8.15. The molecule has 0 aromatic carbocycles. The molecule has 0 saturated heterocycles. The van der Waals surface area contributed by atoms with Gasteiger partial charge < -0.3 is 0 Å². The van der Waals surface area contributed by atoms with Gasteiger partial charge in [-0.2, -0.15) is 0 Å². The second kappa shape index (κ2) is 7.30. The first-order chi connectivity index (χ1) is 5.68. The summed E-state index contributed by atoms with van der Waals surface area (Å²) >= 11 is 2.56. The first-order valence-electron chi connectivity index (χ1n) is 4.47. The average Bonchev–Trinajstić information content (AvgIpc) is 2.02. The third-order valence-corrected chi connectivity index (χ3v) is 5.46. The van der Waals surface area contributed by atoms with E-state index in [-0.39, 0.29) is 0 Å². The monoisotopic (exact) mass is 372 g/mol. The molecule has 0 amide bonds. The Kier molecular flexibility index (Phi) is 7.83. The molecule has 0 heterocycles. The standard InChI is InChI=1S/C8H19O2Si.Au/c1-5-8-11(4,9-6-2)10-7-3;/h1,5-8H2,2-4H3;. The summed E-state index contributed by atoms with van der Waals surface area (Å²) in [5.74, 6) is 0. The summed E-state index contributed by atoms with van der Waals surface area (Å²) in [5, 5.41) is 0. The van der Waals surface area contributed by atoms with Crippen LogP contribution in [0.25, 0.3) is 0 Å². The molecular weight excluding hydrogens is 353 g/mol. The molecule has 2 nitrogen and oxygen atoms in total. The molecule has 0 aliphatic carbocycles. The summed E-state index contributed by atoms with van der Waals surface area (Å²) in [4.78, 5) is 0. The van der Waals surface area contributed by atoms with Gasteiger partial charge in [-0.05, 0) is 0 Å². The van der Waals surface area contributed by atoms with E-state index in [1.165, 1.54) is 11.1 Å². The summed E-state index contributed by atoms with van der Waals surface area (Å²) in [5.41, 5.74) is 0. The van der Waals surface area contributed by atoms with Crippen LogP contribution in [0.15, 0.2) is 0 Å². The summed E-state index contributed by atoms with van der Waals surface area (Å²) in [7, 11) is -1.78. The Bertz CT molecular complexity index is 105. The minimum atomic E-state index is -1.78. The quantitative estimate of drug-likeness (QED) is 0.640. The van der Waals surface area contributed by atoms with E-state index < -0.39 is 8.56 Å². The summed E-state index contributed by atoms with van der Waals surface area (Å²) < 4.78 is 12.5. The van der Waals surface area contributed by atoms with Crippen molar-refractivity contribution in [1.29, 1.82) is 0 Å². The third-order valence-electron chi connectivity index (χ3n) is 1.64. The number of hydrogen-bond donors (Lipinski definition) is 0. The average molecular weight is 372 g/mol. The van der Waals surface area contributed by atoms with Gasteiger partial charge in [-0.25, -0.2) is 0 Å². The normalized spacial score (nSPS) is 12.1. The van der Waals surface area contributed by atoms with Crippen LogP contribution in [-0.2, 0) is 29.9 Å². The van der Waals surface area contributed by atoms with Crippen molar-refractivity contribution in [2.75, 3.05) is 13.2 Å². The maximum absolute atomic E-state index is 5.68. The topological polar surface area (TPSA) is 18.5 Å². The van der Waals surface area contributed by atoms with Gasteiger partial charge in [0.15, 0.2) is 0 Å². The molecule has 0 aliphatic rings. The van der Waals surface area contributed by atoms with Crippen molar-refractivity contribution in [3.8, 4) is 0 Å². The molecule has 12 heavy (non-hydrogen) atoms. The van der Waals surface area contributed by atoms with Crippen LogP contribution in [0.3, 0.4) is 0 Å². The predicted octanol–water partition coefficient (Wildman–Crippen LogP) is 2.49. The van der Waals surface area contributed by atoms with Crippen molar-refractivity contribution in [2.24, 2.45) is 0 Å². The molecule has 0 unspecified atom stereocenters. The zero-order chi connectivity index (χ0) is 9.45. The molecule has 0 atom stereocenters. The summed E-state index contributed by atoms with van der Waals surface area (Å²) in [6.07, 6.45) is 1.20. The third kappa shape index (κ3) is 5.51. The van der Waals surface area contributed by atoms with E-state index in [9.17, 15) is 0 Å². The fourth-order valence-electron chi connectivity index (χ4n) is 1.17. The van der Waals surface area contributed by atoms with Crippen LogP contribution < -0.4 is 0 Å². The van der Waals surface area contributed by atoms with Crippen molar-refractivity contribution in [3.63, 3.8) is 0 Å². The molecule has 0 N–H and O–H groups in total. The van der Waals surface area contributed by atoms with Crippen LogP contribution in [0, 0.1) is 0 Å². The Morgan fingerprint density at radius 1 is 1.17 bits per heavy atom. The second-order valence-corrected chi connectivity index (χ2v) is 7.18. The summed E-state index contributed by atoms with van der Waals surface area (Å²) in [6.45, 7) is 7.78. The van der Waals surface area contributed by atoms with Gasteiger partial charge in [0.05, 0.1) is 0 Å². The molecule has 0 spiro atoms. The van der Waals surface area contributed by atoms with E-state index in [4.69, 9.17) is 8.85 Å². The molecule has 0 aliphatic heterocycles. The van der Waals surface area contributed by atoms with Gasteiger partial charge in [-0.15, -0.1) is 0 Å². The van der Waals surface area contributed by atoms with Crippen molar-refractivity contribution in [2.45, 2.75) is 37.5 Å². The van der Waals surface area contributed by atoms with Crippen LogP contribution in [-0.4, -0.2) is 21.8 Å². The van der Waals surface area contributed by atoms with Gasteiger partial charge in [0.1, 0.15) is 0 Å². The molecular formula is C8H19AuO2Si. The molecule has 0 rings (SSSR count). The molecule has 78 valence electrons. The molecule has 4 heteroatoms. The van der Waals surface area contributed by atoms with E-state index >= 15 is 0 Å². The molecule has 0 bridgehead atoms. The van der Waals surface area contributed by atoms with Crippen LogP contribution in [0.5, 0.6) is 0 Å². The van der Waals surface area contributed by atoms with Crippen LogP contribution in [0.1, 0.15) is 20.3 Å². The Morgan fingerprint density at radius 2 is 1.67 bits per heavy atom. The van der Waals surface area contributed by atoms with Crippen molar-refractivity contribution in [3.05, 3.63) is 0 Å². The van der Waals surface area contributed by atoms with Crippen molar-refractivity contribution in [1.82, 2.24) is 0 Å². The Labute approximate surface area is 89.2 Å². The molecule has 0 aromatic heterocycles. The van der Waals surface area contributed by atoms with Gasteiger partial charge in [0.2, 0.25) is 0 Å². The SMILES string of the molecule is CCO[Si](C)(CC[CH2][Au])OCC. The van der Waals surface area contributed by atoms with Gasteiger partial charge >= 0.3 is 89.2 Å². The van der Waals surface area contributed by atoms with E-state index in [1.807, 2.05) is 13.8 Å². The number of rotatable bonds is 7. The fraction of sp³-hybridized carbons (Fsp3) is 1.00. The van der Waals surface area contributed by atoms with Crippen LogP contribution >= 0.6 is 0 Å². The maximum atomic E-state index is 5.68. The number of hydrogen-bond acceptors (Lipinski definition) is 2. The van der Waals surface area contributed by atoms with Crippen LogP contribution in [0.4, 0.5) is 0 Å². The second-order valence-electron chi connectivity index (χ2n) is 2.75. The zero-order valence-corrected chi connectivity index (χ0v) is 11.3. The van der Waals surface area contributed by atoms with Gasteiger partial charge in [0.25, 0.3) is 0 Å². The van der Waals surface area contributed by atoms with Crippen LogP contribution in [0.2, 0.25) is 17.2 Å². The summed E-state index contributed by atoms with van der Waals surface area (Å²) in [6, 6.07) is 1.12. The van der Waals surface area contributed by atoms with Crippen molar-refractivity contribution >= 4 is 8.56 Å². The first kappa shape index (κ1) is 12.9. The Balaban J connectivity index is 3.80. The Morgan fingerprint density at radius 3 is 2.00 bits per heavy atom. The molecule has 0 radical (unpaired) electrons. The van der Waals surface area contributed by atoms with Gasteiger partial charge in [-0.3, -0.25) is 0 Å². The molecule has 0 saturated carbocycles.